The quantitative estimate of drug-likeness (QED) is 0.337. The van der Waals surface area contributed by atoms with E-state index in [1.54, 1.807) is 0 Å². The van der Waals surface area contributed by atoms with Gasteiger partial charge in [-0.2, -0.15) is 0 Å². The van der Waals surface area contributed by atoms with E-state index in [4.69, 9.17) is 0 Å². The van der Waals surface area contributed by atoms with E-state index >= 15 is 0 Å². The van der Waals surface area contributed by atoms with Crippen LogP contribution in [-0.4, -0.2) is 4.69 Å². The summed E-state index contributed by atoms with van der Waals surface area (Å²) in [5.74, 6) is 0. The van der Waals surface area contributed by atoms with E-state index in [0.29, 0.717) is 6.42 Å². The summed E-state index contributed by atoms with van der Waals surface area (Å²) in [7, 11) is 0. The van der Waals surface area contributed by atoms with Crippen molar-refractivity contribution in [2.75, 3.05) is 0 Å². The van der Waals surface area contributed by atoms with E-state index in [2.05, 4.69) is 22.9 Å². The van der Waals surface area contributed by atoms with Crippen LogP contribution in [0.1, 0.15) is 84.0 Å². The SMILES string of the molecule is CCCCCCCCCCCCCC(=O)Br. The molecule has 2 heteroatoms. The molecule has 0 aliphatic heterocycles. The van der Waals surface area contributed by atoms with Gasteiger partial charge in [0.15, 0.2) is 4.69 Å². The Balaban J connectivity index is 2.90. The lowest BCUT2D eigenvalue weighted by atomic mass is 10.1. The van der Waals surface area contributed by atoms with Crippen LogP contribution in [0.25, 0.3) is 0 Å². The van der Waals surface area contributed by atoms with Crippen LogP contribution >= 0.6 is 15.9 Å². The maximum Gasteiger partial charge on any atom is 0.197 e. The third-order valence-electron chi connectivity index (χ3n) is 2.98. The number of hydrogen-bond donors (Lipinski definition) is 0. The summed E-state index contributed by atoms with van der Waals surface area (Å²) >= 11 is 2.96. The maximum atomic E-state index is 10.6. The number of carbonyl (C=O) groups excluding carboxylic acids is 1. The summed E-state index contributed by atoms with van der Waals surface area (Å²) in [6.07, 6.45) is 15.4. The van der Waals surface area contributed by atoms with Gasteiger partial charge in [-0.25, -0.2) is 0 Å². The molecule has 0 spiro atoms. The van der Waals surface area contributed by atoms with Crippen molar-refractivity contribution in [1.29, 1.82) is 0 Å². The zero-order valence-electron chi connectivity index (χ0n) is 10.8. The van der Waals surface area contributed by atoms with Gasteiger partial charge in [-0.15, -0.1) is 0 Å². The highest BCUT2D eigenvalue weighted by molar-refractivity contribution is 9.18. The molecule has 0 amide bonds. The van der Waals surface area contributed by atoms with Crippen LogP contribution in [0.15, 0.2) is 0 Å². The second-order valence-corrected chi connectivity index (χ2v) is 5.53. The minimum absolute atomic E-state index is 0.156. The second kappa shape index (κ2) is 13.2. The molecule has 0 rings (SSSR count). The Morgan fingerprint density at radius 2 is 1.12 bits per heavy atom. The minimum Gasteiger partial charge on any atom is -0.287 e. The number of hydrogen-bond acceptors (Lipinski definition) is 1. The Labute approximate surface area is 110 Å². The highest BCUT2D eigenvalue weighted by Gasteiger charge is 1.95. The van der Waals surface area contributed by atoms with E-state index in [-0.39, 0.29) is 4.69 Å². The smallest absolute Gasteiger partial charge is 0.197 e. The molecule has 0 aliphatic rings. The molecule has 0 saturated heterocycles. The summed E-state index contributed by atoms with van der Waals surface area (Å²) in [4.78, 5) is 10.6. The zero-order valence-corrected chi connectivity index (χ0v) is 12.4. The lowest BCUT2D eigenvalue weighted by molar-refractivity contribution is -0.110. The van der Waals surface area contributed by atoms with Gasteiger partial charge in [0, 0.05) is 6.42 Å². The van der Waals surface area contributed by atoms with Gasteiger partial charge >= 0.3 is 0 Å². The third kappa shape index (κ3) is 14.1. The maximum absolute atomic E-state index is 10.6. The molecule has 0 saturated carbocycles. The molecular formula is C14H27BrO. The average Bonchev–Trinajstić information content (AvgIpc) is 2.25. The van der Waals surface area contributed by atoms with Crippen molar-refractivity contribution in [3.63, 3.8) is 0 Å². The standard InChI is InChI=1S/C14H27BrO/c1-2-3-4-5-6-7-8-9-10-11-12-13-14(15)16/h2-13H2,1H3. The van der Waals surface area contributed by atoms with Gasteiger partial charge in [-0.3, -0.25) is 4.79 Å². The van der Waals surface area contributed by atoms with Crippen LogP contribution < -0.4 is 0 Å². The van der Waals surface area contributed by atoms with Crippen LogP contribution in [0.3, 0.4) is 0 Å². The molecule has 0 aliphatic carbocycles. The number of rotatable bonds is 12. The minimum atomic E-state index is 0.156. The Kier molecular flexibility index (Phi) is 13.3. The van der Waals surface area contributed by atoms with Gasteiger partial charge in [-0.1, -0.05) is 71.1 Å². The normalized spacial score (nSPS) is 10.6. The van der Waals surface area contributed by atoms with E-state index in [0.717, 1.165) is 6.42 Å². The Morgan fingerprint density at radius 3 is 1.50 bits per heavy atom. The van der Waals surface area contributed by atoms with E-state index in [1.165, 1.54) is 64.2 Å². The summed E-state index contributed by atoms with van der Waals surface area (Å²) in [6, 6.07) is 0. The summed E-state index contributed by atoms with van der Waals surface area (Å²) in [5.41, 5.74) is 0. The number of unbranched alkanes of at least 4 members (excludes halogenated alkanes) is 10. The molecule has 0 unspecified atom stereocenters. The fourth-order valence-electron chi connectivity index (χ4n) is 1.93. The van der Waals surface area contributed by atoms with Gasteiger partial charge in [0.1, 0.15) is 0 Å². The molecule has 1 nitrogen and oxygen atoms in total. The second-order valence-electron chi connectivity index (χ2n) is 4.64. The first kappa shape index (κ1) is 16.1. The Hall–Kier alpha value is 0.150. The highest BCUT2D eigenvalue weighted by Crippen LogP contribution is 2.12. The van der Waals surface area contributed by atoms with Crippen LogP contribution in [0, 0.1) is 0 Å². The molecule has 0 N–H and O–H groups in total. The van der Waals surface area contributed by atoms with Crippen LogP contribution in [0.4, 0.5) is 0 Å². The molecule has 96 valence electrons. The van der Waals surface area contributed by atoms with Crippen LogP contribution in [0.2, 0.25) is 0 Å². The zero-order chi connectivity index (χ0) is 12.1. The van der Waals surface area contributed by atoms with Crippen molar-refractivity contribution in [3.05, 3.63) is 0 Å². The van der Waals surface area contributed by atoms with Crippen molar-refractivity contribution in [2.45, 2.75) is 84.0 Å². The summed E-state index contributed by atoms with van der Waals surface area (Å²) < 4.78 is 0.156. The number of carbonyl (C=O) groups is 1. The highest BCUT2D eigenvalue weighted by atomic mass is 79.9. The van der Waals surface area contributed by atoms with Gasteiger partial charge in [0.05, 0.1) is 0 Å². The van der Waals surface area contributed by atoms with Crippen molar-refractivity contribution in [3.8, 4) is 0 Å². The molecule has 0 heterocycles. The number of halogens is 1. The largest absolute Gasteiger partial charge is 0.287 e. The topological polar surface area (TPSA) is 17.1 Å². The third-order valence-corrected chi connectivity index (χ3v) is 3.37. The van der Waals surface area contributed by atoms with Crippen LogP contribution in [0.5, 0.6) is 0 Å². The van der Waals surface area contributed by atoms with E-state index < -0.39 is 0 Å². The molecular weight excluding hydrogens is 264 g/mol. The first-order valence-corrected chi connectivity index (χ1v) is 7.75. The van der Waals surface area contributed by atoms with Crippen LogP contribution in [-0.2, 0) is 4.79 Å². The monoisotopic (exact) mass is 290 g/mol. The average molecular weight is 291 g/mol. The first-order chi connectivity index (χ1) is 7.77. The van der Waals surface area contributed by atoms with Crippen molar-refractivity contribution >= 4 is 20.6 Å². The van der Waals surface area contributed by atoms with Gasteiger partial charge in [-0.05, 0) is 22.4 Å². The van der Waals surface area contributed by atoms with Crippen molar-refractivity contribution in [2.24, 2.45) is 0 Å². The van der Waals surface area contributed by atoms with E-state index in [1.807, 2.05) is 0 Å². The first-order valence-electron chi connectivity index (χ1n) is 6.95. The molecule has 0 atom stereocenters. The summed E-state index contributed by atoms with van der Waals surface area (Å²) in [5, 5.41) is 0. The summed E-state index contributed by atoms with van der Waals surface area (Å²) in [6.45, 7) is 2.26. The van der Waals surface area contributed by atoms with Gasteiger partial charge in [0.2, 0.25) is 0 Å². The molecule has 0 aromatic heterocycles. The molecule has 0 bridgehead atoms. The molecule has 0 aromatic carbocycles. The van der Waals surface area contributed by atoms with E-state index in [9.17, 15) is 4.79 Å². The molecule has 0 aromatic rings. The predicted molar refractivity (Wildman–Crippen MR) is 75.0 cm³/mol. The fourth-order valence-corrected chi connectivity index (χ4v) is 2.21. The lowest BCUT2D eigenvalue weighted by Crippen LogP contribution is -1.86. The predicted octanol–water partition coefficient (Wildman–Crippen LogP) is 5.61. The van der Waals surface area contributed by atoms with Gasteiger partial charge < -0.3 is 0 Å². The fraction of sp³-hybridized carbons (Fsp3) is 0.929. The van der Waals surface area contributed by atoms with Crippen molar-refractivity contribution in [1.82, 2.24) is 0 Å². The lowest BCUT2D eigenvalue weighted by Gasteiger charge is -2.01. The molecule has 16 heavy (non-hydrogen) atoms. The molecule has 0 radical (unpaired) electrons. The Bertz CT molecular complexity index is 157. The van der Waals surface area contributed by atoms with Gasteiger partial charge in [0.25, 0.3) is 0 Å². The Morgan fingerprint density at radius 1 is 0.750 bits per heavy atom. The molecule has 0 fully saturated rings. The van der Waals surface area contributed by atoms with Crippen molar-refractivity contribution < 1.29 is 4.79 Å².